The Balaban J connectivity index is 2.14. The van der Waals surface area contributed by atoms with Gasteiger partial charge in [0.1, 0.15) is 17.0 Å². The van der Waals surface area contributed by atoms with Crippen molar-refractivity contribution in [1.29, 1.82) is 0 Å². The van der Waals surface area contributed by atoms with E-state index in [4.69, 9.17) is 4.52 Å². The van der Waals surface area contributed by atoms with E-state index in [9.17, 15) is 0 Å². The van der Waals surface area contributed by atoms with Crippen LogP contribution >= 0.6 is 0 Å². The summed E-state index contributed by atoms with van der Waals surface area (Å²) in [6, 6.07) is 4.71. The van der Waals surface area contributed by atoms with Crippen LogP contribution in [0.4, 0.5) is 5.82 Å². The molecule has 3 aromatic rings. The normalized spacial score (nSPS) is 12.5. The number of benzene rings is 1. The second kappa shape index (κ2) is 7.44. The summed E-state index contributed by atoms with van der Waals surface area (Å²) < 4.78 is 5.72. The third-order valence-electron chi connectivity index (χ3n) is 4.81. The smallest absolute Gasteiger partial charge is 0.228 e. The zero-order valence-corrected chi connectivity index (χ0v) is 16.6. The van der Waals surface area contributed by atoms with E-state index in [-0.39, 0.29) is 0 Å². The minimum Gasteiger partial charge on any atom is -0.364 e. The van der Waals surface area contributed by atoms with E-state index < -0.39 is 0 Å². The lowest BCUT2D eigenvalue weighted by Crippen LogP contribution is -2.19. The largest absolute Gasteiger partial charge is 0.364 e. The molecule has 1 aromatic carbocycles. The molecule has 0 amide bonds. The van der Waals surface area contributed by atoms with E-state index in [1.807, 2.05) is 6.92 Å². The van der Waals surface area contributed by atoms with Crippen molar-refractivity contribution in [3.63, 3.8) is 0 Å². The molecule has 0 spiro atoms. The van der Waals surface area contributed by atoms with Crippen LogP contribution in [-0.4, -0.2) is 21.2 Å². The van der Waals surface area contributed by atoms with Crippen LogP contribution in [0, 0.1) is 27.7 Å². The molecule has 0 bridgehead atoms. The van der Waals surface area contributed by atoms with Crippen LogP contribution in [0.15, 0.2) is 16.7 Å². The summed E-state index contributed by atoms with van der Waals surface area (Å²) in [5.41, 5.74) is 6.92. The number of nitrogens with one attached hydrogen (secondary N) is 1. The van der Waals surface area contributed by atoms with Gasteiger partial charge in [0.2, 0.25) is 5.58 Å². The van der Waals surface area contributed by atoms with Crippen molar-refractivity contribution in [2.24, 2.45) is 0 Å². The first-order valence-corrected chi connectivity index (χ1v) is 9.43. The summed E-state index contributed by atoms with van der Waals surface area (Å²) in [5.74, 6) is 1.46. The molecule has 0 saturated heterocycles. The molecule has 1 unspecified atom stereocenters. The van der Waals surface area contributed by atoms with E-state index in [0.717, 1.165) is 47.7 Å². The molecule has 1 atom stereocenters. The van der Waals surface area contributed by atoms with E-state index in [2.05, 4.69) is 67.2 Å². The SMILES string of the molecule is CCCC(CC)Nc1nc(C)nc2c(-c3c(C)cc(C)cc3C)noc12. The fourth-order valence-corrected chi connectivity index (χ4v) is 3.68. The van der Waals surface area contributed by atoms with Gasteiger partial charge in [-0.25, -0.2) is 9.97 Å². The van der Waals surface area contributed by atoms with Crippen LogP contribution < -0.4 is 5.32 Å². The summed E-state index contributed by atoms with van der Waals surface area (Å²) >= 11 is 0. The summed E-state index contributed by atoms with van der Waals surface area (Å²) in [4.78, 5) is 9.23. The van der Waals surface area contributed by atoms with E-state index in [0.29, 0.717) is 11.6 Å². The van der Waals surface area contributed by atoms with Crippen LogP contribution in [-0.2, 0) is 0 Å². The van der Waals surface area contributed by atoms with Crippen LogP contribution in [0.1, 0.15) is 55.6 Å². The molecule has 0 aliphatic rings. The van der Waals surface area contributed by atoms with Gasteiger partial charge in [-0.2, -0.15) is 0 Å². The molecule has 26 heavy (non-hydrogen) atoms. The van der Waals surface area contributed by atoms with Crippen molar-refractivity contribution in [2.75, 3.05) is 5.32 Å². The average molecular weight is 352 g/mol. The van der Waals surface area contributed by atoms with Crippen molar-refractivity contribution in [3.05, 3.63) is 34.6 Å². The molecule has 0 aliphatic carbocycles. The van der Waals surface area contributed by atoms with Gasteiger partial charge in [-0.1, -0.05) is 43.1 Å². The van der Waals surface area contributed by atoms with Crippen LogP contribution in [0.5, 0.6) is 0 Å². The first-order valence-electron chi connectivity index (χ1n) is 9.43. The van der Waals surface area contributed by atoms with Gasteiger partial charge in [0, 0.05) is 11.6 Å². The molecule has 3 rings (SSSR count). The van der Waals surface area contributed by atoms with E-state index in [1.54, 1.807) is 0 Å². The lowest BCUT2D eigenvalue weighted by molar-refractivity contribution is 0.458. The monoisotopic (exact) mass is 352 g/mol. The number of hydrogen-bond donors (Lipinski definition) is 1. The Bertz CT molecular complexity index is 906. The second-order valence-corrected chi connectivity index (χ2v) is 7.14. The summed E-state index contributed by atoms with van der Waals surface area (Å²) in [5, 5.41) is 7.91. The van der Waals surface area contributed by atoms with Gasteiger partial charge < -0.3 is 9.84 Å². The van der Waals surface area contributed by atoms with Crippen molar-refractivity contribution in [2.45, 2.75) is 66.8 Å². The maximum absolute atomic E-state index is 5.72. The third-order valence-corrected chi connectivity index (χ3v) is 4.81. The van der Waals surface area contributed by atoms with Gasteiger partial charge in [-0.15, -0.1) is 0 Å². The predicted molar refractivity (Wildman–Crippen MR) is 107 cm³/mol. The minimum absolute atomic E-state index is 0.369. The molecule has 0 radical (unpaired) electrons. The molecule has 0 aliphatic heterocycles. The first-order chi connectivity index (χ1) is 12.4. The molecule has 1 N–H and O–H groups in total. The highest BCUT2D eigenvalue weighted by Gasteiger charge is 2.21. The van der Waals surface area contributed by atoms with Gasteiger partial charge in [-0.05, 0) is 51.7 Å². The number of rotatable bonds is 6. The molecule has 2 aromatic heterocycles. The van der Waals surface area contributed by atoms with Crippen LogP contribution in [0.25, 0.3) is 22.4 Å². The number of hydrogen-bond acceptors (Lipinski definition) is 5. The molecular weight excluding hydrogens is 324 g/mol. The molecule has 5 nitrogen and oxygen atoms in total. The quantitative estimate of drug-likeness (QED) is 0.634. The van der Waals surface area contributed by atoms with E-state index in [1.165, 1.54) is 16.7 Å². The second-order valence-electron chi connectivity index (χ2n) is 7.14. The van der Waals surface area contributed by atoms with Crippen LogP contribution in [0.2, 0.25) is 0 Å². The van der Waals surface area contributed by atoms with Crippen molar-refractivity contribution >= 4 is 16.9 Å². The van der Waals surface area contributed by atoms with Gasteiger partial charge in [0.25, 0.3) is 0 Å². The molecule has 0 saturated carbocycles. The number of fused-ring (bicyclic) bond motifs is 1. The Morgan fingerprint density at radius 2 is 1.73 bits per heavy atom. The Labute approximate surface area is 155 Å². The van der Waals surface area contributed by atoms with Crippen molar-refractivity contribution < 1.29 is 4.52 Å². The molecule has 2 heterocycles. The highest BCUT2D eigenvalue weighted by atomic mass is 16.5. The van der Waals surface area contributed by atoms with Gasteiger partial charge >= 0.3 is 0 Å². The Hall–Kier alpha value is -2.43. The minimum atomic E-state index is 0.369. The lowest BCUT2D eigenvalue weighted by atomic mass is 9.97. The zero-order valence-electron chi connectivity index (χ0n) is 16.6. The van der Waals surface area contributed by atoms with Crippen LogP contribution in [0.3, 0.4) is 0 Å². The lowest BCUT2D eigenvalue weighted by Gasteiger charge is -2.16. The highest BCUT2D eigenvalue weighted by Crippen LogP contribution is 2.34. The molecule has 138 valence electrons. The molecular formula is C21H28N4O. The maximum atomic E-state index is 5.72. The zero-order chi connectivity index (χ0) is 18.8. The topological polar surface area (TPSA) is 63.8 Å². The fourth-order valence-electron chi connectivity index (χ4n) is 3.68. The summed E-state index contributed by atoms with van der Waals surface area (Å²) in [7, 11) is 0. The van der Waals surface area contributed by atoms with Crippen molar-refractivity contribution in [1.82, 2.24) is 15.1 Å². The van der Waals surface area contributed by atoms with Gasteiger partial charge in [0.15, 0.2) is 5.82 Å². The summed E-state index contributed by atoms with van der Waals surface area (Å²) in [6.07, 6.45) is 3.26. The highest BCUT2D eigenvalue weighted by molar-refractivity contribution is 5.95. The maximum Gasteiger partial charge on any atom is 0.228 e. The number of nitrogens with zero attached hydrogens (tertiary/aromatic N) is 3. The Morgan fingerprint density at radius 1 is 1.04 bits per heavy atom. The van der Waals surface area contributed by atoms with Gasteiger partial charge in [-0.3, -0.25) is 0 Å². The Morgan fingerprint density at radius 3 is 2.35 bits per heavy atom. The van der Waals surface area contributed by atoms with E-state index >= 15 is 0 Å². The predicted octanol–water partition coefficient (Wildman–Crippen LogP) is 5.51. The number of aromatic nitrogens is 3. The number of anilines is 1. The fraction of sp³-hybridized carbons (Fsp3) is 0.476. The number of aryl methyl sites for hydroxylation is 4. The molecule has 5 heteroatoms. The average Bonchev–Trinajstić information content (AvgIpc) is 2.97. The van der Waals surface area contributed by atoms with Crippen molar-refractivity contribution in [3.8, 4) is 11.3 Å². The first kappa shape index (κ1) is 18.4. The molecule has 0 fully saturated rings. The standard InChI is InChI=1S/C21H28N4O/c1-7-9-16(8-2)24-21-20-19(22-15(6)23-21)18(25-26-20)17-13(4)10-12(3)11-14(17)5/h10-11,16H,7-9H2,1-6H3,(H,22,23,24). The van der Waals surface area contributed by atoms with Gasteiger partial charge in [0.05, 0.1) is 0 Å². The third kappa shape index (κ3) is 3.43. The Kier molecular flexibility index (Phi) is 5.25. The summed E-state index contributed by atoms with van der Waals surface area (Å²) in [6.45, 7) is 12.6.